The van der Waals surface area contributed by atoms with Crippen LogP contribution in [0.3, 0.4) is 0 Å². The van der Waals surface area contributed by atoms with E-state index in [4.69, 9.17) is 23.2 Å². The molecule has 2 aromatic carbocycles. The van der Waals surface area contributed by atoms with E-state index in [1.54, 1.807) is 18.2 Å². The highest BCUT2D eigenvalue weighted by Crippen LogP contribution is 2.30. The Hall–Kier alpha value is -3.04. The first-order chi connectivity index (χ1) is 15.6. The van der Waals surface area contributed by atoms with E-state index in [9.17, 15) is 22.8 Å². The van der Waals surface area contributed by atoms with E-state index in [1.165, 1.54) is 17.0 Å². The highest BCUT2D eigenvalue weighted by atomic mass is 35.5. The Balaban J connectivity index is 1.49. The Morgan fingerprint density at radius 2 is 1.94 bits per heavy atom. The van der Waals surface area contributed by atoms with Crippen LogP contribution in [0.15, 0.2) is 47.3 Å². The third-order valence-corrected chi connectivity index (χ3v) is 5.94. The molecule has 2 heterocycles. The molecule has 1 aliphatic heterocycles. The molecule has 3 aromatic rings. The SMILES string of the molecule is O=C(Nc1ccc(Cl)c(Cl)c1)N1CCc2nc(Cc3cccc(C(F)(F)F)c3)[nH]c(=O)c2C1. The maximum Gasteiger partial charge on any atom is 0.416 e. The Labute approximate surface area is 196 Å². The lowest BCUT2D eigenvalue weighted by Gasteiger charge is -2.28. The number of hydrogen-bond acceptors (Lipinski definition) is 3. The van der Waals surface area contributed by atoms with Crippen LogP contribution in [0.4, 0.5) is 23.7 Å². The predicted octanol–water partition coefficient (Wildman–Crippen LogP) is 5.28. The predicted molar refractivity (Wildman–Crippen MR) is 119 cm³/mol. The summed E-state index contributed by atoms with van der Waals surface area (Å²) in [6.07, 6.45) is -4.06. The topological polar surface area (TPSA) is 78.1 Å². The van der Waals surface area contributed by atoms with Crippen molar-refractivity contribution < 1.29 is 18.0 Å². The van der Waals surface area contributed by atoms with Crippen LogP contribution in [0, 0.1) is 0 Å². The third-order valence-electron chi connectivity index (χ3n) is 5.20. The van der Waals surface area contributed by atoms with Crippen molar-refractivity contribution >= 4 is 34.9 Å². The van der Waals surface area contributed by atoms with Crippen molar-refractivity contribution in [2.24, 2.45) is 0 Å². The molecule has 0 unspecified atom stereocenters. The van der Waals surface area contributed by atoms with Gasteiger partial charge in [0.15, 0.2) is 0 Å². The van der Waals surface area contributed by atoms with Gasteiger partial charge in [0.1, 0.15) is 5.82 Å². The number of hydrogen-bond donors (Lipinski definition) is 2. The molecule has 0 saturated carbocycles. The second kappa shape index (κ2) is 9.07. The summed E-state index contributed by atoms with van der Waals surface area (Å²) in [4.78, 5) is 33.8. The van der Waals surface area contributed by atoms with E-state index in [2.05, 4.69) is 15.3 Å². The van der Waals surface area contributed by atoms with Crippen molar-refractivity contribution in [1.82, 2.24) is 14.9 Å². The lowest BCUT2D eigenvalue weighted by atomic mass is 10.1. The molecule has 0 spiro atoms. The Bertz CT molecular complexity index is 1280. The van der Waals surface area contributed by atoms with Crippen molar-refractivity contribution in [3.8, 4) is 0 Å². The Morgan fingerprint density at radius 1 is 1.15 bits per heavy atom. The van der Waals surface area contributed by atoms with E-state index in [1.807, 2.05) is 0 Å². The fraction of sp³-hybridized carbons (Fsp3) is 0.227. The molecule has 0 fully saturated rings. The zero-order valence-corrected chi connectivity index (χ0v) is 18.5. The summed E-state index contributed by atoms with van der Waals surface area (Å²) in [6, 6.07) is 9.17. The van der Waals surface area contributed by atoms with Crippen LogP contribution in [0.2, 0.25) is 10.0 Å². The molecule has 0 saturated heterocycles. The minimum atomic E-state index is -4.45. The quantitative estimate of drug-likeness (QED) is 0.517. The number of benzene rings is 2. The molecule has 2 N–H and O–H groups in total. The number of aromatic amines is 1. The van der Waals surface area contributed by atoms with E-state index < -0.39 is 23.3 Å². The molecule has 0 radical (unpaired) electrons. The molecule has 33 heavy (non-hydrogen) atoms. The van der Waals surface area contributed by atoms with E-state index in [-0.39, 0.29) is 18.8 Å². The van der Waals surface area contributed by atoms with Crippen LogP contribution in [-0.4, -0.2) is 27.4 Å². The van der Waals surface area contributed by atoms with Gasteiger partial charge in [-0.2, -0.15) is 13.2 Å². The molecule has 0 atom stereocenters. The smallest absolute Gasteiger partial charge is 0.320 e. The van der Waals surface area contributed by atoms with Crippen molar-refractivity contribution in [2.45, 2.75) is 25.6 Å². The lowest BCUT2D eigenvalue weighted by Crippen LogP contribution is -2.42. The largest absolute Gasteiger partial charge is 0.416 e. The van der Waals surface area contributed by atoms with Gasteiger partial charge in [-0.25, -0.2) is 9.78 Å². The summed E-state index contributed by atoms with van der Waals surface area (Å²) in [6.45, 7) is 0.369. The number of rotatable bonds is 3. The minimum Gasteiger partial charge on any atom is -0.320 e. The molecule has 0 bridgehead atoms. The number of urea groups is 1. The van der Waals surface area contributed by atoms with Crippen molar-refractivity contribution in [3.05, 3.63) is 91.1 Å². The number of H-pyrrole nitrogens is 1. The van der Waals surface area contributed by atoms with Gasteiger partial charge in [-0.05, 0) is 29.8 Å². The van der Waals surface area contributed by atoms with Crippen LogP contribution in [-0.2, 0) is 25.6 Å². The summed E-state index contributed by atoms with van der Waals surface area (Å²) in [5.74, 6) is 0.270. The van der Waals surface area contributed by atoms with Gasteiger partial charge in [0.25, 0.3) is 5.56 Å². The Morgan fingerprint density at radius 3 is 2.67 bits per heavy atom. The normalized spacial score (nSPS) is 13.5. The van der Waals surface area contributed by atoms with Crippen LogP contribution in [0.1, 0.15) is 28.2 Å². The number of halogens is 5. The van der Waals surface area contributed by atoms with Gasteiger partial charge in [-0.15, -0.1) is 0 Å². The summed E-state index contributed by atoms with van der Waals surface area (Å²) in [7, 11) is 0. The molecule has 0 aliphatic carbocycles. The van der Waals surface area contributed by atoms with Gasteiger partial charge in [-0.3, -0.25) is 4.79 Å². The second-order valence-electron chi connectivity index (χ2n) is 7.54. The molecule has 1 aliphatic rings. The lowest BCUT2D eigenvalue weighted by molar-refractivity contribution is -0.137. The van der Waals surface area contributed by atoms with Gasteiger partial charge < -0.3 is 15.2 Å². The Kier molecular flexibility index (Phi) is 6.36. The molecular formula is C22H17Cl2F3N4O2. The number of fused-ring (bicyclic) bond motifs is 1. The monoisotopic (exact) mass is 496 g/mol. The first-order valence-corrected chi connectivity index (χ1v) is 10.6. The van der Waals surface area contributed by atoms with Crippen LogP contribution >= 0.6 is 23.2 Å². The highest BCUT2D eigenvalue weighted by Gasteiger charge is 2.30. The number of nitrogens with one attached hydrogen (secondary N) is 2. The van der Waals surface area contributed by atoms with Crippen molar-refractivity contribution in [1.29, 1.82) is 0 Å². The molecule has 2 amide bonds. The zero-order chi connectivity index (χ0) is 23.8. The third kappa shape index (κ3) is 5.31. The van der Waals surface area contributed by atoms with Gasteiger partial charge in [0.2, 0.25) is 0 Å². The molecular weight excluding hydrogens is 480 g/mol. The van der Waals surface area contributed by atoms with Gasteiger partial charge in [-0.1, -0.05) is 41.4 Å². The fourth-order valence-electron chi connectivity index (χ4n) is 3.56. The number of anilines is 1. The van der Waals surface area contributed by atoms with Crippen LogP contribution < -0.4 is 10.9 Å². The first-order valence-electron chi connectivity index (χ1n) is 9.88. The fourth-order valence-corrected chi connectivity index (χ4v) is 3.86. The molecule has 11 heteroatoms. The number of nitrogens with zero attached hydrogens (tertiary/aromatic N) is 2. The molecule has 172 valence electrons. The number of carbonyl (C=O) groups is 1. The highest BCUT2D eigenvalue weighted by molar-refractivity contribution is 6.42. The van der Waals surface area contributed by atoms with Gasteiger partial charge in [0, 0.05) is 25.1 Å². The average molecular weight is 497 g/mol. The maximum atomic E-state index is 12.9. The van der Waals surface area contributed by atoms with Gasteiger partial charge in [0.05, 0.1) is 33.4 Å². The summed E-state index contributed by atoms with van der Waals surface area (Å²) in [5, 5.41) is 3.37. The standard InChI is InChI=1S/C22H17Cl2F3N4O2/c23-16-5-4-14(10-17(16)24)28-21(33)31-7-6-18-15(11-31)20(32)30-19(29-18)9-12-2-1-3-13(8-12)22(25,26)27/h1-5,8,10H,6-7,9,11H2,(H,28,33)(H,29,30,32). The van der Waals surface area contributed by atoms with Crippen molar-refractivity contribution in [2.75, 3.05) is 11.9 Å². The number of amides is 2. The summed E-state index contributed by atoms with van der Waals surface area (Å²) >= 11 is 11.8. The van der Waals surface area contributed by atoms with Gasteiger partial charge >= 0.3 is 12.2 Å². The van der Waals surface area contributed by atoms with Crippen LogP contribution in [0.25, 0.3) is 0 Å². The number of carbonyl (C=O) groups excluding carboxylic acids is 1. The zero-order valence-electron chi connectivity index (χ0n) is 17.0. The second-order valence-corrected chi connectivity index (χ2v) is 8.36. The number of aromatic nitrogens is 2. The average Bonchev–Trinajstić information content (AvgIpc) is 2.76. The molecule has 1 aromatic heterocycles. The summed E-state index contributed by atoms with van der Waals surface area (Å²) in [5.41, 5.74) is 0.533. The van der Waals surface area contributed by atoms with Crippen LogP contribution in [0.5, 0.6) is 0 Å². The van der Waals surface area contributed by atoms with E-state index in [0.29, 0.717) is 45.5 Å². The molecule has 6 nitrogen and oxygen atoms in total. The van der Waals surface area contributed by atoms with E-state index >= 15 is 0 Å². The minimum absolute atomic E-state index is 0.0496. The summed E-state index contributed by atoms with van der Waals surface area (Å²) < 4.78 is 38.8. The number of alkyl halides is 3. The van der Waals surface area contributed by atoms with Crippen molar-refractivity contribution in [3.63, 3.8) is 0 Å². The first kappa shape index (κ1) is 23.1. The maximum absolute atomic E-state index is 12.9. The van der Waals surface area contributed by atoms with E-state index in [0.717, 1.165) is 12.1 Å². The molecule has 4 rings (SSSR count).